The second-order valence-corrected chi connectivity index (χ2v) is 5.41. The third kappa shape index (κ3) is 2.81. The molecule has 0 spiro atoms. The molecule has 0 aliphatic heterocycles. The standard InChI is InChI=1S/C14H17N3O2S/c1-8(15-2)12-11(17-14(16-3)20-12)9-4-6-10(7-5-9)13(18)19/h4-8,15H,1-3H3,(H,16,17)(H,18,19). The third-order valence-electron chi connectivity index (χ3n) is 3.10. The molecule has 1 unspecified atom stereocenters. The van der Waals surface area contributed by atoms with Crippen LogP contribution in [-0.4, -0.2) is 30.2 Å². The highest BCUT2D eigenvalue weighted by atomic mass is 32.1. The molecule has 3 N–H and O–H groups in total. The topological polar surface area (TPSA) is 74.2 Å². The Labute approximate surface area is 121 Å². The largest absolute Gasteiger partial charge is 0.478 e. The number of carboxylic acids is 1. The van der Waals surface area contributed by atoms with Crippen LogP contribution in [0.1, 0.15) is 28.2 Å². The molecule has 0 radical (unpaired) electrons. The van der Waals surface area contributed by atoms with Gasteiger partial charge in [0.1, 0.15) is 0 Å². The highest BCUT2D eigenvalue weighted by Crippen LogP contribution is 2.35. The number of hydrogen-bond donors (Lipinski definition) is 3. The number of thiazole rings is 1. The number of nitrogens with zero attached hydrogens (tertiary/aromatic N) is 1. The molecule has 20 heavy (non-hydrogen) atoms. The molecular formula is C14H17N3O2S. The second-order valence-electron chi connectivity index (χ2n) is 4.37. The van der Waals surface area contributed by atoms with E-state index in [1.807, 2.05) is 14.1 Å². The Bertz CT molecular complexity index is 607. The molecule has 1 atom stereocenters. The molecule has 0 aliphatic carbocycles. The van der Waals surface area contributed by atoms with Crippen LogP contribution in [0.2, 0.25) is 0 Å². The van der Waals surface area contributed by atoms with Gasteiger partial charge in [0.05, 0.1) is 16.1 Å². The van der Waals surface area contributed by atoms with Crippen LogP contribution in [0.4, 0.5) is 5.13 Å². The van der Waals surface area contributed by atoms with Crippen LogP contribution in [0.15, 0.2) is 24.3 Å². The molecule has 106 valence electrons. The number of aromatic nitrogens is 1. The maximum absolute atomic E-state index is 10.9. The molecule has 1 aromatic carbocycles. The van der Waals surface area contributed by atoms with Crippen molar-refractivity contribution in [1.82, 2.24) is 10.3 Å². The molecule has 1 heterocycles. The SMILES string of the molecule is CNc1nc(-c2ccc(C(=O)O)cc2)c(C(C)NC)s1. The Morgan fingerprint density at radius 1 is 1.30 bits per heavy atom. The third-order valence-corrected chi connectivity index (χ3v) is 4.35. The Morgan fingerprint density at radius 3 is 2.45 bits per heavy atom. The number of carbonyl (C=O) groups is 1. The molecule has 0 amide bonds. The highest BCUT2D eigenvalue weighted by molar-refractivity contribution is 7.16. The van der Waals surface area contributed by atoms with E-state index in [1.54, 1.807) is 35.6 Å². The molecule has 5 nitrogen and oxygen atoms in total. The molecule has 0 saturated heterocycles. The van der Waals surface area contributed by atoms with E-state index in [9.17, 15) is 4.79 Å². The molecule has 6 heteroatoms. The lowest BCUT2D eigenvalue weighted by atomic mass is 10.1. The molecule has 0 bridgehead atoms. The van der Waals surface area contributed by atoms with E-state index in [0.29, 0.717) is 0 Å². The van der Waals surface area contributed by atoms with Gasteiger partial charge in [-0.1, -0.05) is 23.5 Å². The Morgan fingerprint density at radius 2 is 1.95 bits per heavy atom. The van der Waals surface area contributed by atoms with Gasteiger partial charge in [-0.2, -0.15) is 0 Å². The maximum Gasteiger partial charge on any atom is 0.335 e. The fourth-order valence-electron chi connectivity index (χ4n) is 1.84. The smallest absolute Gasteiger partial charge is 0.335 e. The predicted molar refractivity (Wildman–Crippen MR) is 81.5 cm³/mol. The van der Waals surface area contributed by atoms with E-state index in [4.69, 9.17) is 5.11 Å². The van der Waals surface area contributed by atoms with Crippen molar-refractivity contribution in [3.63, 3.8) is 0 Å². The Kier molecular flexibility index (Phi) is 4.36. The van der Waals surface area contributed by atoms with E-state index in [0.717, 1.165) is 21.3 Å². The Hall–Kier alpha value is -1.92. The normalized spacial score (nSPS) is 12.2. The van der Waals surface area contributed by atoms with Gasteiger partial charge < -0.3 is 15.7 Å². The van der Waals surface area contributed by atoms with Crippen molar-refractivity contribution in [2.24, 2.45) is 0 Å². The van der Waals surface area contributed by atoms with Gasteiger partial charge in [-0.15, -0.1) is 0 Å². The number of nitrogens with one attached hydrogen (secondary N) is 2. The number of rotatable bonds is 5. The molecule has 1 aromatic heterocycles. The average molecular weight is 291 g/mol. The van der Waals surface area contributed by atoms with Crippen LogP contribution >= 0.6 is 11.3 Å². The zero-order valence-corrected chi connectivity index (χ0v) is 12.4. The van der Waals surface area contributed by atoms with Gasteiger partial charge in [0.15, 0.2) is 5.13 Å². The second kappa shape index (κ2) is 6.02. The van der Waals surface area contributed by atoms with E-state index >= 15 is 0 Å². The van der Waals surface area contributed by atoms with Crippen LogP contribution in [0, 0.1) is 0 Å². The van der Waals surface area contributed by atoms with Gasteiger partial charge in [0.2, 0.25) is 0 Å². The lowest BCUT2D eigenvalue weighted by Gasteiger charge is -2.09. The summed E-state index contributed by atoms with van der Waals surface area (Å²) in [6.45, 7) is 2.07. The summed E-state index contributed by atoms with van der Waals surface area (Å²) in [5.74, 6) is -0.922. The summed E-state index contributed by atoms with van der Waals surface area (Å²) in [5, 5.41) is 16.0. The van der Waals surface area contributed by atoms with Gasteiger partial charge in [0, 0.05) is 18.7 Å². The summed E-state index contributed by atoms with van der Waals surface area (Å²) < 4.78 is 0. The molecule has 2 rings (SSSR count). The minimum absolute atomic E-state index is 0.184. The molecular weight excluding hydrogens is 274 g/mol. The summed E-state index contributed by atoms with van der Waals surface area (Å²) >= 11 is 1.60. The number of anilines is 1. The number of benzene rings is 1. The van der Waals surface area contributed by atoms with Gasteiger partial charge in [0.25, 0.3) is 0 Å². The number of hydrogen-bond acceptors (Lipinski definition) is 5. The van der Waals surface area contributed by atoms with E-state index in [1.165, 1.54) is 0 Å². The quantitative estimate of drug-likeness (QED) is 0.790. The lowest BCUT2D eigenvalue weighted by molar-refractivity contribution is 0.0697. The van der Waals surface area contributed by atoms with Crippen molar-refractivity contribution >= 4 is 22.4 Å². The summed E-state index contributed by atoms with van der Waals surface area (Å²) in [5.41, 5.74) is 2.09. The van der Waals surface area contributed by atoms with Crippen LogP contribution < -0.4 is 10.6 Å². The zero-order chi connectivity index (χ0) is 14.7. The summed E-state index contributed by atoms with van der Waals surface area (Å²) in [7, 11) is 3.74. The molecule has 0 aliphatic rings. The Balaban J connectivity index is 2.45. The predicted octanol–water partition coefficient (Wildman–Crippen LogP) is 2.83. The van der Waals surface area contributed by atoms with Gasteiger partial charge in [-0.25, -0.2) is 9.78 Å². The first-order valence-corrected chi connectivity index (χ1v) is 7.08. The fourth-order valence-corrected chi connectivity index (χ4v) is 2.84. The van der Waals surface area contributed by atoms with Crippen LogP contribution in [0.5, 0.6) is 0 Å². The summed E-state index contributed by atoms with van der Waals surface area (Å²) in [4.78, 5) is 16.6. The average Bonchev–Trinajstić information content (AvgIpc) is 2.90. The van der Waals surface area contributed by atoms with Crippen molar-refractivity contribution < 1.29 is 9.90 Å². The minimum Gasteiger partial charge on any atom is -0.478 e. The fraction of sp³-hybridized carbons (Fsp3) is 0.286. The van der Waals surface area contributed by atoms with Crippen molar-refractivity contribution in [3.8, 4) is 11.3 Å². The first kappa shape index (κ1) is 14.5. The van der Waals surface area contributed by atoms with E-state index in [2.05, 4.69) is 22.5 Å². The van der Waals surface area contributed by atoms with Crippen molar-refractivity contribution in [2.75, 3.05) is 19.4 Å². The summed E-state index contributed by atoms with van der Waals surface area (Å²) in [6, 6.07) is 6.98. The first-order chi connectivity index (χ1) is 9.56. The van der Waals surface area contributed by atoms with Crippen LogP contribution in [-0.2, 0) is 0 Å². The van der Waals surface area contributed by atoms with Crippen molar-refractivity contribution in [1.29, 1.82) is 0 Å². The first-order valence-electron chi connectivity index (χ1n) is 6.26. The minimum atomic E-state index is -0.922. The van der Waals surface area contributed by atoms with Gasteiger partial charge in [-0.05, 0) is 26.1 Å². The zero-order valence-electron chi connectivity index (χ0n) is 11.6. The molecule has 0 saturated carbocycles. The lowest BCUT2D eigenvalue weighted by Crippen LogP contribution is -2.11. The van der Waals surface area contributed by atoms with Gasteiger partial charge in [-0.3, -0.25) is 0 Å². The van der Waals surface area contributed by atoms with Gasteiger partial charge >= 0.3 is 5.97 Å². The summed E-state index contributed by atoms with van der Waals surface area (Å²) in [6.07, 6.45) is 0. The maximum atomic E-state index is 10.9. The highest BCUT2D eigenvalue weighted by Gasteiger charge is 2.17. The van der Waals surface area contributed by atoms with Crippen molar-refractivity contribution in [2.45, 2.75) is 13.0 Å². The van der Waals surface area contributed by atoms with Crippen LogP contribution in [0.25, 0.3) is 11.3 Å². The van der Waals surface area contributed by atoms with Crippen molar-refractivity contribution in [3.05, 3.63) is 34.7 Å². The van der Waals surface area contributed by atoms with E-state index in [-0.39, 0.29) is 11.6 Å². The number of aromatic carboxylic acids is 1. The van der Waals surface area contributed by atoms with Crippen LogP contribution in [0.3, 0.4) is 0 Å². The molecule has 0 fully saturated rings. The van der Waals surface area contributed by atoms with E-state index < -0.39 is 5.97 Å². The number of carboxylic acid groups (broad SMARTS) is 1. The monoisotopic (exact) mass is 291 g/mol. The molecule has 2 aromatic rings.